The summed E-state index contributed by atoms with van der Waals surface area (Å²) in [5.41, 5.74) is 0.784. The fourth-order valence-electron chi connectivity index (χ4n) is 3.73. The molecule has 8 heteroatoms. The first kappa shape index (κ1) is 24.1. The fraction of sp³-hybridized carbons (Fsp3) is 0.632. The van der Waals surface area contributed by atoms with Crippen molar-refractivity contribution >= 4 is 30.7 Å². The zero-order valence-electron chi connectivity index (χ0n) is 15.4. The maximum absolute atomic E-state index is 13.3. The smallest absolute Gasteiger partial charge is 0.220 e. The number of carbonyl (C=O) groups excluding carboxylic acids is 1. The lowest BCUT2D eigenvalue weighted by Gasteiger charge is -2.32. The fourth-order valence-corrected chi connectivity index (χ4v) is 3.73. The molecule has 2 aliphatic heterocycles. The van der Waals surface area contributed by atoms with Gasteiger partial charge < -0.3 is 10.6 Å². The summed E-state index contributed by atoms with van der Waals surface area (Å²) in [5.74, 6) is -0.801. The van der Waals surface area contributed by atoms with Gasteiger partial charge in [-0.1, -0.05) is 6.07 Å². The number of likely N-dealkylation sites (tertiary alicyclic amines) is 1. The topological polar surface area (TPSA) is 44.4 Å². The highest BCUT2D eigenvalue weighted by Crippen LogP contribution is 2.17. The van der Waals surface area contributed by atoms with Crippen LogP contribution in [0, 0.1) is 17.6 Å². The van der Waals surface area contributed by atoms with Gasteiger partial charge in [0.25, 0.3) is 0 Å². The molecule has 2 fully saturated rings. The van der Waals surface area contributed by atoms with Crippen molar-refractivity contribution in [2.24, 2.45) is 5.92 Å². The molecule has 0 bridgehead atoms. The number of hydrogen-bond acceptors (Lipinski definition) is 3. The number of nitrogens with one attached hydrogen (secondary N) is 2. The molecule has 4 nitrogen and oxygen atoms in total. The van der Waals surface area contributed by atoms with E-state index in [1.165, 1.54) is 18.6 Å². The van der Waals surface area contributed by atoms with Gasteiger partial charge in [0.2, 0.25) is 5.91 Å². The van der Waals surface area contributed by atoms with E-state index in [0.717, 1.165) is 51.0 Å². The Kier molecular flexibility index (Phi) is 10.5. The quantitative estimate of drug-likeness (QED) is 0.737. The molecule has 27 heavy (non-hydrogen) atoms. The van der Waals surface area contributed by atoms with E-state index in [0.29, 0.717) is 18.9 Å². The molecular formula is C19H29Cl2F2N3O. The first-order valence-corrected chi connectivity index (χ1v) is 9.26. The standard InChI is InChI=1S/C19H27F2N3O.2ClH/c20-17-3-1-15(11-18(17)21)13-24-9-6-16(7-10-24)23-19(25)4-2-14-5-8-22-12-14;;/h1,3,11,14,16,22H,2,4-10,12-13H2,(H,23,25);2*1H. The average Bonchev–Trinajstić information content (AvgIpc) is 3.12. The first-order valence-electron chi connectivity index (χ1n) is 9.26. The van der Waals surface area contributed by atoms with Crippen molar-refractivity contribution in [3.8, 4) is 0 Å². The van der Waals surface area contributed by atoms with Gasteiger partial charge in [0.15, 0.2) is 11.6 Å². The minimum absolute atomic E-state index is 0. The Morgan fingerprint density at radius 2 is 1.89 bits per heavy atom. The van der Waals surface area contributed by atoms with Crippen molar-refractivity contribution in [2.45, 2.75) is 44.7 Å². The van der Waals surface area contributed by atoms with Crippen molar-refractivity contribution in [3.63, 3.8) is 0 Å². The summed E-state index contributed by atoms with van der Waals surface area (Å²) in [4.78, 5) is 14.3. The molecule has 0 spiro atoms. The average molecular weight is 424 g/mol. The first-order chi connectivity index (χ1) is 12.1. The van der Waals surface area contributed by atoms with Crippen LogP contribution in [0.1, 0.15) is 37.7 Å². The second-order valence-corrected chi connectivity index (χ2v) is 7.26. The third-order valence-electron chi connectivity index (χ3n) is 5.28. The van der Waals surface area contributed by atoms with Crippen molar-refractivity contribution in [1.82, 2.24) is 15.5 Å². The van der Waals surface area contributed by atoms with E-state index in [1.807, 2.05) is 0 Å². The molecule has 154 valence electrons. The van der Waals surface area contributed by atoms with Crippen molar-refractivity contribution < 1.29 is 13.6 Å². The highest BCUT2D eigenvalue weighted by molar-refractivity contribution is 5.85. The number of halogens is 4. The molecule has 1 atom stereocenters. The van der Waals surface area contributed by atoms with Crippen LogP contribution >= 0.6 is 24.8 Å². The molecule has 2 aliphatic rings. The van der Waals surface area contributed by atoms with Crippen LogP contribution in [0.15, 0.2) is 18.2 Å². The van der Waals surface area contributed by atoms with Gasteiger partial charge >= 0.3 is 0 Å². The Bertz CT molecular complexity index is 592. The zero-order chi connectivity index (χ0) is 17.6. The molecule has 3 rings (SSSR count). The molecule has 1 aromatic carbocycles. The number of hydrogen-bond donors (Lipinski definition) is 2. The van der Waals surface area contributed by atoms with Crippen LogP contribution < -0.4 is 10.6 Å². The van der Waals surface area contributed by atoms with Gasteiger partial charge in [0.05, 0.1) is 0 Å². The molecule has 2 N–H and O–H groups in total. The van der Waals surface area contributed by atoms with Crippen LogP contribution in [0.5, 0.6) is 0 Å². The monoisotopic (exact) mass is 423 g/mol. The largest absolute Gasteiger partial charge is 0.353 e. The van der Waals surface area contributed by atoms with E-state index in [9.17, 15) is 13.6 Å². The van der Waals surface area contributed by atoms with Gasteiger partial charge in [0.1, 0.15) is 0 Å². The van der Waals surface area contributed by atoms with Crippen LogP contribution in [-0.4, -0.2) is 43.0 Å². The molecule has 1 unspecified atom stereocenters. The summed E-state index contributed by atoms with van der Waals surface area (Å²) in [7, 11) is 0. The van der Waals surface area contributed by atoms with Crippen molar-refractivity contribution in [1.29, 1.82) is 0 Å². The van der Waals surface area contributed by atoms with E-state index in [-0.39, 0.29) is 36.8 Å². The molecule has 0 radical (unpaired) electrons. The number of nitrogens with zero attached hydrogens (tertiary/aromatic N) is 1. The number of benzene rings is 1. The van der Waals surface area contributed by atoms with Gasteiger partial charge in [-0.3, -0.25) is 9.69 Å². The Labute approximate surface area is 172 Å². The summed E-state index contributed by atoms with van der Waals surface area (Å²) in [6.45, 7) is 4.44. The summed E-state index contributed by atoms with van der Waals surface area (Å²) < 4.78 is 26.3. The highest BCUT2D eigenvalue weighted by Gasteiger charge is 2.22. The van der Waals surface area contributed by atoms with E-state index in [1.54, 1.807) is 6.07 Å². The van der Waals surface area contributed by atoms with Crippen molar-refractivity contribution in [3.05, 3.63) is 35.4 Å². The molecular weight excluding hydrogens is 395 g/mol. The number of rotatable bonds is 6. The number of carbonyl (C=O) groups is 1. The third kappa shape index (κ3) is 7.53. The molecule has 0 saturated carbocycles. The lowest BCUT2D eigenvalue weighted by atomic mass is 10.0. The SMILES string of the molecule is Cl.Cl.O=C(CCC1CCNC1)NC1CCN(Cc2ccc(F)c(F)c2)CC1. The molecule has 1 aromatic rings. The molecule has 2 saturated heterocycles. The second-order valence-electron chi connectivity index (χ2n) is 7.26. The van der Waals surface area contributed by atoms with Crippen LogP contribution in [0.4, 0.5) is 8.78 Å². The Hall–Kier alpha value is -0.950. The van der Waals surface area contributed by atoms with Gasteiger partial charge in [-0.2, -0.15) is 0 Å². The molecule has 1 amide bonds. The van der Waals surface area contributed by atoms with Gasteiger partial charge in [-0.05, 0) is 62.4 Å². The van der Waals surface area contributed by atoms with Crippen LogP contribution in [0.3, 0.4) is 0 Å². The van der Waals surface area contributed by atoms with E-state index in [2.05, 4.69) is 15.5 Å². The van der Waals surface area contributed by atoms with Gasteiger partial charge in [0, 0.05) is 32.1 Å². The normalized spacial score (nSPS) is 20.6. The predicted octanol–water partition coefficient (Wildman–Crippen LogP) is 3.28. The number of amides is 1. The Morgan fingerprint density at radius 1 is 1.15 bits per heavy atom. The van der Waals surface area contributed by atoms with E-state index >= 15 is 0 Å². The maximum Gasteiger partial charge on any atom is 0.220 e. The third-order valence-corrected chi connectivity index (χ3v) is 5.28. The summed E-state index contributed by atoms with van der Waals surface area (Å²) in [5, 5.41) is 6.48. The summed E-state index contributed by atoms with van der Waals surface area (Å²) in [6, 6.07) is 4.30. The number of piperidine rings is 1. The highest BCUT2D eigenvalue weighted by atomic mass is 35.5. The summed E-state index contributed by atoms with van der Waals surface area (Å²) in [6.07, 6.45) is 4.56. The minimum atomic E-state index is -0.807. The predicted molar refractivity (Wildman–Crippen MR) is 108 cm³/mol. The Balaban J connectivity index is 0.00000182. The van der Waals surface area contributed by atoms with E-state index in [4.69, 9.17) is 0 Å². The van der Waals surface area contributed by atoms with Crippen LogP contribution in [0.2, 0.25) is 0 Å². The second kappa shape index (κ2) is 11.8. The molecule has 0 aliphatic carbocycles. The van der Waals surface area contributed by atoms with Gasteiger partial charge in [-0.15, -0.1) is 24.8 Å². The Morgan fingerprint density at radius 3 is 2.52 bits per heavy atom. The van der Waals surface area contributed by atoms with Gasteiger partial charge in [-0.25, -0.2) is 8.78 Å². The lowest BCUT2D eigenvalue weighted by Crippen LogP contribution is -2.44. The maximum atomic E-state index is 13.3. The summed E-state index contributed by atoms with van der Waals surface area (Å²) >= 11 is 0. The van der Waals surface area contributed by atoms with Crippen LogP contribution in [0.25, 0.3) is 0 Å². The minimum Gasteiger partial charge on any atom is -0.353 e. The zero-order valence-corrected chi connectivity index (χ0v) is 17.0. The van der Waals surface area contributed by atoms with E-state index < -0.39 is 11.6 Å². The van der Waals surface area contributed by atoms with Crippen molar-refractivity contribution in [2.75, 3.05) is 26.2 Å². The lowest BCUT2D eigenvalue weighted by molar-refractivity contribution is -0.122. The molecule has 0 aromatic heterocycles. The molecule has 2 heterocycles. The van der Waals surface area contributed by atoms with Crippen LogP contribution in [-0.2, 0) is 11.3 Å².